The minimum Gasteiger partial charge on any atom is -0.428 e. The van der Waals surface area contributed by atoms with Crippen molar-refractivity contribution in [1.29, 1.82) is 0 Å². The van der Waals surface area contributed by atoms with Crippen molar-refractivity contribution in [2.45, 2.75) is 77.4 Å². The van der Waals surface area contributed by atoms with Crippen LogP contribution in [0.25, 0.3) is 0 Å². The third kappa shape index (κ3) is 10.4. The summed E-state index contributed by atoms with van der Waals surface area (Å²) >= 11 is 0. The van der Waals surface area contributed by atoms with Crippen LogP contribution in [0.2, 0.25) is 0 Å². The average Bonchev–Trinajstić information content (AvgIpc) is 2.88. The molecular formula is C18H31NO5S. The van der Waals surface area contributed by atoms with Gasteiger partial charge in [-0.15, -0.1) is 0 Å². The number of aliphatic hydroxyl groups excluding tert-OH is 1. The molecule has 0 fully saturated rings. The summed E-state index contributed by atoms with van der Waals surface area (Å²) in [7, 11) is -3.57. The van der Waals surface area contributed by atoms with Gasteiger partial charge < -0.3 is 9.84 Å². The third-order valence-electron chi connectivity index (χ3n) is 4.07. The van der Waals surface area contributed by atoms with Gasteiger partial charge in [-0.3, -0.25) is 0 Å². The third-order valence-corrected chi connectivity index (χ3v) is 5.17. The second kappa shape index (κ2) is 12.2. The molecular weight excluding hydrogens is 342 g/mol. The van der Waals surface area contributed by atoms with Gasteiger partial charge in [0.25, 0.3) is 0 Å². The summed E-state index contributed by atoms with van der Waals surface area (Å²) in [5.41, 5.74) is 0.134. The largest absolute Gasteiger partial charge is 0.428 e. The molecule has 1 unspecified atom stereocenters. The zero-order valence-corrected chi connectivity index (χ0v) is 15.9. The Bertz CT molecular complexity index is 554. The molecule has 1 atom stereocenters. The Morgan fingerprint density at radius 1 is 1.08 bits per heavy atom. The fraction of sp³-hybridized carbons (Fsp3) is 0.722. The molecule has 7 heteroatoms. The molecule has 0 amide bonds. The normalized spacial score (nSPS) is 17.9. The molecule has 1 heterocycles. The molecule has 0 radical (unpaired) electrons. The highest BCUT2D eigenvalue weighted by molar-refractivity contribution is 7.92. The number of ether oxygens (including phenoxy) is 1. The zero-order chi connectivity index (χ0) is 18.5. The lowest BCUT2D eigenvalue weighted by Gasteiger charge is -2.05. The predicted octanol–water partition coefficient (Wildman–Crippen LogP) is 3.14. The second-order valence-corrected chi connectivity index (χ2v) is 8.01. The SMILES string of the molecule is CCCCCCCCCCCCNS(=O)(=O)C=CC1=CC(=O)OC1O. The number of sulfonamides is 1. The first-order valence-corrected chi connectivity index (χ1v) is 10.8. The van der Waals surface area contributed by atoms with Crippen molar-refractivity contribution in [2.24, 2.45) is 0 Å². The summed E-state index contributed by atoms with van der Waals surface area (Å²) in [6, 6.07) is 0. The van der Waals surface area contributed by atoms with Crippen LogP contribution >= 0.6 is 0 Å². The molecule has 1 rings (SSSR count). The van der Waals surface area contributed by atoms with Crippen LogP contribution in [-0.4, -0.2) is 32.3 Å². The fourth-order valence-corrected chi connectivity index (χ4v) is 3.45. The van der Waals surface area contributed by atoms with E-state index in [4.69, 9.17) is 0 Å². The molecule has 1 aliphatic rings. The van der Waals surface area contributed by atoms with Gasteiger partial charge in [0.1, 0.15) is 0 Å². The average molecular weight is 374 g/mol. The summed E-state index contributed by atoms with van der Waals surface area (Å²) in [6.45, 7) is 2.61. The van der Waals surface area contributed by atoms with Crippen LogP contribution < -0.4 is 4.72 Å². The standard InChI is InChI=1S/C18H31NO5S/c1-2-3-4-5-6-7-8-9-10-11-13-19-25(22,23)14-12-16-15-17(20)24-18(16)21/h12,14-15,18-19,21H,2-11,13H2,1H3. The molecule has 0 aliphatic carbocycles. The van der Waals surface area contributed by atoms with Gasteiger partial charge in [-0.05, 0) is 12.5 Å². The lowest BCUT2D eigenvalue weighted by molar-refractivity contribution is -0.150. The van der Waals surface area contributed by atoms with Crippen LogP contribution in [0.5, 0.6) is 0 Å². The predicted molar refractivity (Wildman–Crippen MR) is 98.1 cm³/mol. The maximum absolute atomic E-state index is 11.8. The molecule has 1 aliphatic heterocycles. The number of carbonyl (C=O) groups excluding carboxylic acids is 1. The number of carbonyl (C=O) groups is 1. The molecule has 6 nitrogen and oxygen atoms in total. The topological polar surface area (TPSA) is 92.7 Å². The van der Waals surface area contributed by atoms with E-state index in [1.54, 1.807) is 0 Å². The van der Waals surface area contributed by atoms with E-state index in [1.165, 1.54) is 51.0 Å². The van der Waals surface area contributed by atoms with E-state index in [1.807, 2.05) is 0 Å². The van der Waals surface area contributed by atoms with Gasteiger partial charge in [-0.1, -0.05) is 64.7 Å². The number of hydrogen-bond donors (Lipinski definition) is 2. The quantitative estimate of drug-likeness (QED) is 0.360. The summed E-state index contributed by atoms with van der Waals surface area (Å²) in [6.07, 6.45) is 12.8. The Labute approximate surface area is 151 Å². The molecule has 0 aromatic carbocycles. The highest BCUT2D eigenvalue weighted by Gasteiger charge is 2.21. The van der Waals surface area contributed by atoms with Crippen LogP contribution in [0, 0.1) is 0 Å². The van der Waals surface area contributed by atoms with Gasteiger partial charge in [0.15, 0.2) is 0 Å². The minimum atomic E-state index is -3.57. The van der Waals surface area contributed by atoms with Crippen LogP contribution in [0.4, 0.5) is 0 Å². The molecule has 0 aromatic rings. The van der Waals surface area contributed by atoms with Crippen LogP contribution in [-0.2, 0) is 19.6 Å². The molecule has 0 saturated heterocycles. The zero-order valence-electron chi connectivity index (χ0n) is 15.1. The monoisotopic (exact) mass is 373 g/mol. The lowest BCUT2D eigenvalue weighted by Crippen LogP contribution is -2.22. The summed E-state index contributed by atoms with van der Waals surface area (Å²) in [5.74, 6) is -0.678. The van der Waals surface area contributed by atoms with Crippen LogP contribution in [0.3, 0.4) is 0 Å². The van der Waals surface area contributed by atoms with Gasteiger partial charge in [0.2, 0.25) is 16.3 Å². The van der Waals surface area contributed by atoms with Gasteiger partial charge >= 0.3 is 5.97 Å². The first kappa shape index (κ1) is 21.9. The second-order valence-electron chi connectivity index (χ2n) is 6.36. The molecule has 144 valence electrons. The number of cyclic esters (lactones) is 1. The Morgan fingerprint density at radius 2 is 1.64 bits per heavy atom. The lowest BCUT2D eigenvalue weighted by atomic mass is 10.1. The van der Waals surface area contributed by atoms with Crippen LogP contribution in [0.1, 0.15) is 71.1 Å². The first-order valence-electron chi connectivity index (χ1n) is 9.22. The van der Waals surface area contributed by atoms with Crippen molar-refractivity contribution < 1.29 is 23.1 Å². The Morgan fingerprint density at radius 3 is 2.16 bits per heavy atom. The summed E-state index contributed by atoms with van der Waals surface area (Å²) < 4.78 is 30.6. The molecule has 0 aromatic heterocycles. The maximum Gasteiger partial charge on any atom is 0.333 e. The molecule has 0 saturated carbocycles. The van der Waals surface area contributed by atoms with Gasteiger partial charge in [-0.25, -0.2) is 17.9 Å². The Balaban J connectivity index is 2.07. The van der Waals surface area contributed by atoms with Gasteiger partial charge in [-0.2, -0.15) is 0 Å². The molecule has 0 bridgehead atoms. The molecule has 0 spiro atoms. The number of nitrogens with one attached hydrogen (secondary N) is 1. The van der Waals surface area contributed by atoms with E-state index in [9.17, 15) is 18.3 Å². The Hall–Kier alpha value is -1.18. The molecule has 25 heavy (non-hydrogen) atoms. The van der Waals surface area contributed by atoms with Crippen LogP contribution in [0.15, 0.2) is 23.1 Å². The van der Waals surface area contributed by atoms with Gasteiger partial charge in [0, 0.05) is 23.6 Å². The maximum atomic E-state index is 11.8. The number of aliphatic hydroxyl groups is 1. The van der Waals surface area contributed by atoms with Crippen molar-refractivity contribution in [2.75, 3.05) is 6.54 Å². The van der Waals surface area contributed by atoms with Crippen molar-refractivity contribution in [1.82, 2.24) is 4.72 Å². The van der Waals surface area contributed by atoms with Crippen molar-refractivity contribution in [3.05, 3.63) is 23.1 Å². The van der Waals surface area contributed by atoms with E-state index in [-0.39, 0.29) is 5.57 Å². The Kier molecular flexibility index (Phi) is 10.7. The van der Waals surface area contributed by atoms with Crippen molar-refractivity contribution in [3.8, 4) is 0 Å². The van der Waals surface area contributed by atoms with E-state index in [0.717, 1.165) is 30.7 Å². The molecule has 2 N–H and O–H groups in total. The van der Waals surface area contributed by atoms with E-state index < -0.39 is 22.3 Å². The number of hydrogen-bond acceptors (Lipinski definition) is 5. The smallest absolute Gasteiger partial charge is 0.333 e. The van der Waals surface area contributed by atoms with E-state index in [0.29, 0.717) is 6.54 Å². The number of unbranched alkanes of at least 4 members (excludes halogenated alkanes) is 9. The summed E-state index contributed by atoms with van der Waals surface area (Å²) in [5, 5.41) is 10.3. The fourth-order valence-electron chi connectivity index (χ4n) is 2.59. The van der Waals surface area contributed by atoms with Crippen molar-refractivity contribution >= 4 is 16.0 Å². The first-order chi connectivity index (χ1) is 11.9. The highest BCUT2D eigenvalue weighted by Crippen LogP contribution is 2.14. The number of esters is 1. The highest BCUT2D eigenvalue weighted by atomic mass is 32.2. The van der Waals surface area contributed by atoms with E-state index in [2.05, 4.69) is 16.4 Å². The number of rotatable bonds is 14. The minimum absolute atomic E-state index is 0.134. The van der Waals surface area contributed by atoms with E-state index >= 15 is 0 Å². The van der Waals surface area contributed by atoms with Gasteiger partial charge in [0.05, 0.1) is 0 Å². The summed E-state index contributed by atoms with van der Waals surface area (Å²) in [4.78, 5) is 10.9. The van der Waals surface area contributed by atoms with Crippen molar-refractivity contribution in [3.63, 3.8) is 0 Å².